The van der Waals surface area contributed by atoms with Gasteiger partial charge in [0, 0.05) is 17.9 Å². The van der Waals surface area contributed by atoms with Crippen molar-refractivity contribution in [2.24, 2.45) is 0 Å². The van der Waals surface area contributed by atoms with Crippen molar-refractivity contribution in [1.29, 1.82) is 0 Å². The van der Waals surface area contributed by atoms with Crippen LogP contribution in [0.4, 0.5) is 5.82 Å². The van der Waals surface area contributed by atoms with Crippen LogP contribution in [0.25, 0.3) is 16.9 Å². The molecule has 7 nitrogen and oxygen atoms in total. The van der Waals surface area contributed by atoms with Crippen molar-refractivity contribution in [2.75, 3.05) is 18.2 Å². The van der Waals surface area contributed by atoms with Crippen LogP contribution in [0.15, 0.2) is 95.9 Å². The number of hydrogen-bond acceptors (Lipinski definition) is 5. The molecule has 0 fully saturated rings. The molecular formula is C24H21N3O4S. The van der Waals surface area contributed by atoms with E-state index in [2.05, 4.69) is 10.4 Å². The summed E-state index contributed by atoms with van der Waals surface area (Å²) in [7, 11) is -3.29. The SMILES string of the molecule is CS(=O)(=O)c1ccc(OCC(=O)Nc2cc(-c3ccccc3)nn2-c2ccccc2)cc1. The Bertz CT molecular complexity index is 1320. The quantitative estimate of drug-likeness (QED) is 0.463. The van der Waals surface area contributed by atoms with Gasteiger partial charge in [-0.3, -0.25) is 4.79 Å². The minimum atomic E-state index is -3.29. The van der Waals surface area contributed by atoms with E-state index in [9.17, 15) is 13.2 Å². The van der Waals surface area contributed by atoms with Crippen LogP contribution >= 0.6 is 0 Å². The predicted molar refractivity (Wildman–Crippen MR) is 123 cm³/mol. The maximum atomic E-state index is 12.6. The molecule has 162 valence electrons. The summed E-state index contributed by atoms with van der Waals surface area (Å²) in [6, 6.07) is 26.9. The number of hydrogen-bond donors (Lipinski definition) is 1. The molecule has 0 aliphatic heterocycles. The van der Waals surface area contributed by atoms with E-state index in [1.807, 2.05) is 60.7 Å². The first-order valence-electron chi connectivity index (χ1n) is 9.84. The molecular weight excluding hydrogens is 426 g/mol. The Balaban J connectivity index is 1.51. The summed E-state index contributed by atoms with van der Waals surface area (Å²) in [5, 5.41) is 7.50. The number of amides is 1. The molecule has 3 aromatic carbocycles. The summed E-state index contributed by atoms with van der Waals surface area (Å²) in [5.41, 5.74) is 2.46. The number of sulfone groups is 1. The van der Waals surface area contributed by atoms with Gasteiger partial charge in [0.1, 0.15) is 11.6 Å². The highest BCUT2D eigenvalue weighted by atomic mass is 32.2. The molecule has 32 heavy (non-hydrogen) atoms. The number of rotatable bonds is 7. The lowest BCUT2D eigenvalue weighted by Gasteiger charge is -2.10. The van der Waals surface area contributed by atoms with Gasteiger partial charge in [-0.1, -0.05) is 48.5 Å². The second-order valence-electron chi connectivity index (χ2n) is 7.11. The Morgan fingerprint density at radius 1 is 0.938 bits per heavy atom. The van der Waals surface area contributed by atoms with Gasteiger partial charge in [0.05, 0.1) is 16.3 Å². The summed E-state index contributed by atoms with van der Waals surface area (Å²) in [6.07, 6.45) is 1.13. The highest BCUT2D eigenvalue weighted by molar-refractivity contribution is 7.90. The predicted octanol–water partition coefficient (Wildman–Crippen LogP) is 3.96. The normalized spacial score (nSPS) is 11.2. The minimum Gasteiger partial charge on any atom is -0.484 e. The summed E-state index contributed by atoms with van der Waals surface area (Å²) in [6.45, 7) is -0.237. The van der Waals surface area contributed by atoms with Gasteiger partial charge in [-0.15, -0.1) is 0 Å². The number of ether oxygens (including phenoxy) is 1. The summed E-state index contributed by atoms with van der Waals surface area (Å²) in [4.78, 5) is 12.8. The molecule has 0 saturated heterocycles. The number of carbonyl (C=O) groups is 1. The number of nitrogens with one attached hydrogen (secondary N) is 1. The molecule has 1 aromatic heterocycles. The zero-order chi connectivity index (χ0) is 22.6. The lowest BCUT2D eigenvalue weighted by molar-refractivity contribution is -0.118. The van der Waals surface area contributed by atoms with Crippen LogP contribution < -0.4 is 10.1 Å². The molecule has 0 aliphatic carbocycles. The Morgan fingerprint density at radius 2 is 1.56 bits per heavy atom. The highest BCUT2D eigenvalue weighted by Gasteiger charge is 2.14. The van der Waals surface area contributed by atoms with E-state index in [-0.39, 0.29) is 17.4 Å². The van der Waals surface area contributed by atoms with Crippen LogP contribution in [0.1, 0.15) is 0 Å². The molecule has 8 heteroatoms. The monoisotopic (exact) mass is 447 g/mol. The fraction of sp³-hybridized carbons (Fsp3) is 0.0833. The third kappa shape index (κ3) is 5.04. The molecule has 0 radical (unpaired) electrons. The molecule has 1 amide bonds. The molecule has 0 saturated carbocycles. The van der Waals surface area contributed by atoms with Crippen molar-refractivity contribution in [3.05, 3.63) is 91.0 Å². The molecule has 0 unspecified atom stereocenters. The van der Waals surface area contributed by atoms with Gasteiger partial charge >= 0.3 is 0 Å². The number of aromatic nitrogens is 2. The number of anilines is 1. The topological polar surface area (TPSA) is 90.3 Å². The van der Waals surface area contributed by atoms with E-state index in [0.29, 0.717) is 11.6 Å². The fourth-order valence-electron chi connectivity index (χ4n) is 3.10. The zero-order valence-electron chi connectivity index (χ0n) is 17.3. The van der Waals surface area contributed by atoms with Crippen molar-refractivity contribution in [2.45, 2.75) is 4.90 Å². The van der Waals surface area contributed by atoms with Gasteiger partial charge in [0.25, 0.3) is 5.91 Å². The Kier molecular flexibility index (Phi) is 6.04. The molecule has 4 aromatic rings. The van der Waals surface area contributed by atoms with Crippen molar-refractivity contribution in [3.8, 4) is 22.7 Å². The molecule has 0 bridgehead atoms. The van der Waals surface area contributed by atoms with Gasteiger partial charge in [-0.2, -0.15) is 5.10 Å². The van der Waals surface area contributed by atoms with Crippen LogP contribution in [0.5, 0.6) is 5.75 Å². The van der Waals surface area contributed by atoms with E-state index in [0.717, 1.165) is 23.2 Å². The largest absolute Gasteiger partial charge is 0.484 e. The number of nitrogens with zero attached hydrogens (tertiary/aromatic N) is 2. The number of benzene rings is 3. The van der Waals surface area contributed by atoms with Gasteiger partial charge in [0.15, 0.2) is 16.4 Å². The zero-order valence-corrected chi connectivity index (χ0v) is 18.1. The lowest BCUT2D eigenvalue weighted by atomic mass is 10.2. The van der Waals surface area contributed by atoms with Crippen molar-refractivity contribution in [3.63, 3.8) is 0 Å². The Morgan fingerprint density at radius 3 is 2.19 bits per heavy atom. The molecule has 0 spiro atoms. The van der Waals surface area contributed by atoms with Crippen LogP contribution in [0, 0.1) is 0 Å². The molecule has 0 aliphatic rings. The number of carbonyl (C=O) groups excluding carboxylic acids is 1. The van der Waals surface area contributed by atoms with Crippen LogP contribution in [-0.4, -0.2) is 37.0 Å². The summed E-state index contributed by atoms with van der Waals surface area (Å²) >= 11 is 0. The maximum absolute atomic E-state index is 12.6. The van der Waals surface area contributed by atoms with Gasteiger partial charge in [-0.05, 0) is 36.4 Å². The van der Waals surface area contributed by atoms with Gasteiger partial charge in [0.2, 0.25) is 0 Å². The molecule has 1 heterocycles. The smallest absolute Gasteiger partial charge is 0.263 e. The maximum Gasteiger partial charge on any atom is 0.263 e. The first kappa shape index (κ1) is 21.3. The van der Waals surface area contributed by atoms with E-state index in [1.54, 1.807) is 10.7 Å². The lowest BCUT2D eigenvalue weighted by Crippen LogP contribution is -2.21. The van der Waals surface area contributed by atoms with E-state index >= 15 is 0 Å². The Hall–Kier alpha value is -3.91. The van der Waals surface area contributed by atoms with E-state index < -0.39 is 9.84 Å². The second kappa shape index (κ2) is 9.07. The highest BCUT2D eigenvalue weighted by Crippen LogP contribution is 2.25. The molecule has 1 N–H and O–H groups in total. The second-order valence-corrected chi connectivity index (χ2v) is 9.12. The van der Waals surface area contributed by atoms with Gasteiger partial charge < -0.3 is 10.1 Å². The Labute approximate surface area is 186 Å². The molecule has 4 rings (SSSR count). The van der Waals surface area contributed by atoms with Crippen molar-refractivity contribution in [1.82, 2.24) is 9.78 Å². The average Bonchev–Trinajstić information content (AvgIpc) is 3.22. The van der Waals surface area contributed by atoms with Gasteiger partial charge in [-0.25, -0.2) is 13.1 Å². The van der Waals surface area contributed by atoms with Crippen molar-refractivity contribution >= 4 is 21.6 Å². The summed E-state index contributed by atoms with van der Waals surface area (Å²) in [5.74, 6) is 0.541. The standard InChI is InChI=1S/C24H21N3O4S/c1-32(29,30)21-14-12-20(13-15-21)31-17-24(28)25-23-16-22(18-8-4-2-5-9-18)26-27(23)19-10-6-3-7-11-19/h2-16H,17H2,1H3,(H,25,28). The number of para-hydroxylation sites is 1. The van der Waals surface area contributed by atoms with Crippen LogP contribution in [0.3, 0.4) is 0 Å². The van der Waals surface area contributed by atoms with E-state index in [4.69, 9.17) is 4.74 Å². The van der Waals surface area contributed by atoms with Crippen LogP contribution in [0.2, 0.25) is 0 Å². The van der Waals surface area contributed by atoms with E-state index in [1.165, 1.54) is 24.3 Å². The van der Waals surface area contributed by atoms with Crippen LogP contribution in [-0.2, 0) is 14.6 Å². The van der Waals surface area contributed by atoms with Crippen molar-refractivity contribution < 1.29 is 17.9 Å². The summed E-state index contributed by atoms with van der Waals surface area (Å²) < 4.78 is 30.3. The first-order chi connectivity index (χ1) is 15.4. The third-order valence-electron chi connectivity index (χ3n) is 4.67. The third-order valence-corrected chi connectivity index (χ3v) is 5.80. The average molecular weight is 448 g/mol. The minimum absolute atomic E-state index is 0.189. The first-order valence-corrected chi connectivity index (χ1v) is 11.7. The fourth-order valence-corrected chi connectivity index (χ4v) is 3.73. The molecule has 0 atom stereocenters.